The molecule has 0 saturated carbocycles. The van der Waals surface area contributed by atoms with Gasteiger partial charge in [-0.1, -0.05) is 39.8 Å². The van der Waals surface area contributed by atoms with Crippen molar-refractivity contribution in [2.24, 2.45) is 11.3 Å². The van der Waals surface area contributed by atoms with Crippen molar-refractivity contribution in [2.45, 2.75) is 65.3 Å². The van der Waals surface area contributed by atoms with Crippen LogP contribution >= 0.6 is 0 Å². The Hall–Kier alpha value is -1.82. The van der Waals surface area contributed by atoms with Crippen LogP contribution in [0.1, 0.15) is 64.9 Å². The fourth-order valence-electron chi connectivity index (χ4n) is 4.08. The van der Waals surface area contributed by atoms with Gasteiger partial charge in [-0.3, -0.25) is 9.59 Å². The second kappa shape index (κ2) is 9.12. The van der Waals surface area contributed by atoms with Gasteiger partial charge in [-0.05, 0) is 55.2 Å². The van der Waals surface area contributed by atoms with Crippen molar-refractivity contribution in [3.05, 3.63) is 35.6 Å². The van der Waals surface area contributed by atoms with E-state index in [1.54, 1.807) is 19.9 Å². The first-order valence-electron chi connectivity index (χ1n) is 9.95. The number of piperidine rings is 1. The summed E-state index contributed by atoms with van der Waals surface area (Å²) < 4.78 is 13.8. The van der Waals surface area contributed by atoms with Crippen LogP contribution in [0.3, 0.4) is 0 Å². The molecule has 0 aromatic heterocycles. The maximum Gasteiger partial charge on any atom is 0.291 e. The monoisotopic (exact) mass is 406 g/mol. The van der Waals surface area contributed by atoms with Crippen molar-refractivity contribution in [3.63, 3.8) is 0 Å². The Morgan fingerprint density at radius 2 is 1.96 bits per heavy atom. The number of halogens is 1. The zero-order valence-electron chi connectivity index (χ0n) is 17.0. The lowest BCUT2D eigenvalue weighted by Crippen LogP contribution is -2.56. The molecule has 3 atom stereocenters. The van der Waals surface area contributed by atoms with Crippen LogP contribution in [0, 0.1) is 17.2 Å². The van der Waals surface area contributed by atoms with E-state index < -0.39 is 28.3 Å². The van der Waals surface area contributed by atoms with Crippen molar-refractivity contribution in [1.29, 1.82) is 0 Å². The van der Waals surface area contributed by atoms with E-state index in [9.17, 15) is 18.8 Å². The minimum absolute atomic E-state index is 0.113. The third-order valence-corrected chi connectivity index (χ3v) is 6.35. The van der Waals surface area contributed by atoms with E-state index in [0.29, 0.717) is 32.2 Å². The number of benzene rings is 1. The van der Waals surface area contributed by atoms with Gasteiger partial charge in [0.05, 0.1) is 6.04 Å². The third-order valence-electron chi connectivity index (χ3n) is 6.11. The van der Waals surface area contributed by atoms with Crippen LogP contribution in [-0.2, 0) is 27.0 Å². The predicted octanol–water partition coefficient (Wildman–Crippen LogP) is 4.01. The summed E-state index contributed by atoms with van der Waals surface area (Å²) in [4.78, 5) is 39.5. The van der Waals surface area contributed by atoms with Gasteiger partial charge in [0, 0.05) is 17.1 Å². The summed E-state index contributed by atoms with van der Waals surface area (Å²) in [6.07, 6.45) is 2.60. The van der Waals surface area contributed by atoms with Crippen LogP contribution in [0.4, 0.5) is 4.39 Å². The molecule has 1 fully saturated rings. The van der Waals surface area contributed by atoms with Crippen LogP contribution in [0.25, 0.3) is 0 Å². The first kappa shape index (κ1) is 22.5. The van der Waals surface area contributed by atoms with Gasteiger partial charge in [-0.25, -0.2) is 4.39 Å². The molecule has 28 heavy (non-hydrogen) atoms. The Morgan fingerprint density at radius 1 is 1.29 bits per heavy atom. The minimum Gasteiger partial charge on any atom is -0.740 e. The summed E-state index contributed by atoms with van der Waals surface area (Å²) in [6.45, 7) is 7.65. The molecular formula is C22H29FNO3S-. The lowest BCUT2D eigenvalue weighted by Gasteiger charge is -2.45. The molecule has 0 aliphatic carbocycles. The highest BCUT2D eigenvalue weighted by Gasteiger charge is 2.43. The Bertz CT molecular complexity index is 749. The van der Waals surface area contributed by atoms with E-state index in [1.165, 1.54) is 17.0 Å². The molecule has 0 radical (unpaired) electrons. The minimum atomic E-state index is -0.832. The number of Topliss-reactive ketones (excluding diaryl/α,β-unsaturated/α-hetero) is 1. The van der Waals surface area contributed by atoms with E-state index in [2.05, 4.69) is 0 Å². The Morgan fingerprint density at radius 3 is 2.50 bits per heavy atom. The molecule has 154 valence electrons. The summed E-state index contributed by atoms with van der Waals surface area (Å²) in [5.74, 6) is -1.80. The molecule has 3 unspecified atom stereocenters. The van der Waals surface area contributed by atoms with E-state index in [1.807, 2.05) is 19.9 Å². The SMILES string of the molecule is CCC(c1cccc(F)c1)C1CCCN(C(=O)C(=O)C(C)(C)CC)C1C(=O)[S-]. The molecular weight excluding hydrogens is 377 g/mol. The molecule has 6 heteroatoms. The van der Waals surface area contributed by atoms with E-state index in [4.69, 9.17) is 12.6 Å². The van der Waals surface area contributed by atoms with Crippen molar-refractivity contribution >= 4 is 29.4 Å². The molecule has 1 saturated heterocycles. The number of likely N-dealkylation sites (tertiary alicyclic amines) is 1. The van der Waals surface area contributed by atoms with Crippen molar-refractivity contribution in [1.82, 2.24) is 4.90 Å². The number of nitrogens with zero attached hydrogens (tertiary/aromatic N) is 1. The van der Waals surface area contributed by atoms with Gasteiger partial charge in [0.2, 0.25) is 5.78 Å². The largest absolute Gasteiger partial charge is 0.740 e. The summed E-state index contributed by atoms with van der Waals surface area (Å²) in [6, 6.07) is 5.52. The highest BCUT2D eigenvalue weighted by Crippen LogP contribution is 2.39. The van der Waals surface area contributed by atoms with Crippen LogP contribution < -0.4 is 0 Å². The van der Waals surface area contributed by atoms with Crippen molar-refractivity contribution in [3.8, 4) is 0 Å². The lowest BCUT2D eigenvalue weighted by atomic mass is 9.74. The smallest absolute Gasteiger partial charge is 0.291 e. The first-order chi connectivity index (χ1) is 13.1. The van der Waals surface area contributed by atoms with Gasteiger partial charge in [0.15, 0.2) is 0 Å². The van der Waals surface area contributed by atoms with Gasteiger partial charge < -0.3 is 22.3 Å². The second-order valence-electron chi connectivity index (χ2n) is 8.20. The van der Waals surface area contributed by atoms with Crippen molar-refractivity contribution in [2.75, 3.05) is 6.54 Å². The van der Waals surface area contributed by atoms with Gasteiger partial charge in [-0.15, -0.1) is 0 Å². The molecule has 2 rings (SSSR count). The standard InChI is InChI=1S/C22H30FNO3S/c1-5-16(14-9-7-10-15(23)13-14)17-11-8-12-24(18(17)21(27)28)20(26)19(25)22(3,4)6-2/h7,9-10,13,16-18H,5-6,8,11-12H2,1-4H3,(H,27,28)/p-1. The lowest BCUT2D eigenvalue weighted by molar-refractivity contribution is -0.154. The highest BCUT2D eigenvalue weighted by molar-refractivity contribution is 7.77. The average Bonchev–Trinajstić information content (AvgIpc) is 2.67. The molecule has 0 bridgehead atoms. The van der Waals surface area contributed by atoms with Crippen LogP contribution in [0.2, 0.25) is 0 Å². The first-order valence-corrected chi connectivity index (χ1v) is 10.4. The fraction of sp³-hybridized carbons (Fsp3) is 0.591. The third kappa shape index (κ3) is 4.59. The molecule has 0 spiro atoms. The van der Waals surface area contributed by atoms with Crippen molar-refractivity contribution < 1.29 is 18.8 Å². The predicted molar refractivity (Wildman–Crippen MR) is 109 cm³/mol. The van der Waals surface area contributed by atoms with E-state index in [-0.39, 0.29) is 17.7 Å². The molecule has 4 nitrogen and oxygen atoms in total. The number of hydrogen-bond donors (Lipinski definition) is 0. The summed E-state index contributed by atoms with van der Waals surface area (Å²) in [7, 11) is 0. The van der Waals surface area contributed by atoms with E-state index >= 15 is 0 Å². The molecule has 1 aromatic carbocycles. The fourth-order valence-corrected chi connectivity index (χ4v) is 4.38. The van der Waals surface area contributed by atoms with E-state index in [0.717, 1.165) is 5.56 Å². The normalized spacial score (nSPS) is 21.2. The topological polar surface area (TPSA) is 54.5 Å². The summed E-state index contributed by atoms with van der Waals surface area (Å²) in [5.41, 5.74) is 0.00877. The van der Waals surface area contributed by atoms with Crippen LogP contribution in [0.15, 0.2) is 24.3 Å². The molecule has 0 N–H and O–H groups in total. The number of hydrogen-bond acceptors (Lipinski definition) is 4. The zero-order chi connectivity index (χ0) is 21.1. The maximum absolute atomic E-state index is 13.8. The molecule has 1 aliphatic heterocycles. The summed E-state index contributed by atoms with van der Waals surface area (Å²) >= 11 is 5.01. The average molecular weight is 407 g/mol. The quantitative estimate of drug-likeness (QED) is 0.507. The number of rotatable bonds is 7. The van der Waals surface area contributed by atoms with Gasteiger partial charge in [-0.2, -0.15) is 0 Å². The van der Waals surface area contributed by atoms with Gasteiger partial charge >= 0.3 is 0 Å². The Balaban J connectivity index is 2.39. The maximum atomic E-state index is 13.8. The molecule has 1 heterocycles. The molecule has 1 aliphatic rings. The Kier molecular flexibility index (Phi) is 7.32. The Labute approximate surface area is 172 Å². The summed E-state index contributed by atoms with van der Waals surface area (Å²) in [5, 5.41) is -0.532. The second-order valence-corrected chi connectivity index (χ2v) is 8.61. The number of carbonyl (C=O) groups is 3. The molecule has 1 aromatic rings. The van der Waals surface area contributed by atoms with Gasteiger partial charge in [0.1, 0.15) is 5.82 Å². The van der Waals surface area contributed by atoms with Crippen LogP contribution in [0.5, 0.6) is 0 Å². The molecule has 1 amide bonds. The zero-order valence-corrected chi connectivity index (χ0v) is 17.9. The number of carbonyl (C=O) groups excluding carboxylic acids is 3. The highest BCUT2D eigenvalue weighted by atomic mass is 32.1. The van der Waals surface area contributed by atoms with Gasteiger partial charge in [0.25, 0.3) is 5.91 Å². The van der Waals surface area contributed by atoms with Crippen LogP contribution in [-0.4, -0.2) is 34.3 Å². The number of ketones is 1. The number of amides is 1.